The third kappa shape index (κ3) is 3.65. The smallest absolute Gasteiger partial charge is 0.0699 e. The maximum absolute atomic E-state index is 5.73. The fraction of sp³-hybridized carbons (Fsp3) is 1.00. The Morgan fingerprint density at radius 3 is 2.93 bits per heavy atom. The molecule has 3 atom stereocenters. The maximum Gasteiger partial charge on any atom is 0.0699 e. The quantitative estimate of drug-likeness (QED) is 0.803. The van der Waals surface area contributed by atoms with E-state index in [0.29, 0.717) is 12.1 Å². The number of nitrogens with one attached hydrogen (secondary N) is 1. The van der Waals surface area contributed by atoms with Gasteiger partial charge in [-0.3, -0.25) is 0 Å². The van der Waals surface area contributed by atoms with Gasteiger partial charge in [0.1, 0.15) is 0 Å². The summed E-state index contributed by atoms with van der Waals surface area (Å²) in [5.41, 5.74) is 0. The molecule has 0 aromatic heterocycles. The summed E-state index contributed by atoms with van der Waals surface area (Å²) in [7, 11) is 0. The Balaban J connectivity index is 1.67. The second-order valence-electron chi connectivity index (χ2n) is 4.72. The molecule has 88 valence electrons. The Hall–Kier alpha value is 0.270. The Morgan fingerprint density at radius 2 is 2.20 bits per heavy atom. The van der Waals surface area contributed by atoms with Crippen LogP contribution < -0.4 is 5.32 Å². The second kappa shape index (κ2) is 6.12. The number of rotatable bonds is 3. The molecule has 0 saturated carbocycles. The first-order valence-corrected chi connectivity index (χ1v) is 7.38. The van der Waals surface area contributed by atoms with Gasteiger partial charge in [0.2, 0.25) is 0 Å². The zero-order valence-corrected chi connectivity index (χ0v) is 10.5. The van der Waals surface area contributed by atoms with Crippen molar-refractivity contribution < 1.29 is 4.74 Å². The Kier molecular flexibility index (Phi) is 4.79. The third-order valence-corrected chi connectivity index (χ3v) is 4.87. The van der Waals surface area contributed by atoms with Gasteiger partial charge in [0.25, 0.3) is 0 Å². The molecule has 2 aliphatic heterocycles. The number of ether oxygens (including phenoxy) is 1. The molecule has 0 radical (unpaired) electrons. The molecule has 2 saturated heterocycles. The summed E-state index contributed by atoms with van der Waals surface area (Å²) < 4.78 is 5.73. The lowest BCUT2D eigenvalue weighted by atomic mass is 10.1. The van der Waals surface area contributed by atoms with Crippen LogP contribution in [0.4, 0.5) is 0 Å². The second-order valence-corrected chi connectivity index (χ2v) is 6.21. The lowest BCUT2D eigenvalue weighted by molar-refractivity contribution is 0.0152. The van der Waals surface area contributed by atoms with Crippen molar-refractivity contribution in [3.8, 4) is 0 Å². The zero-order chi connectivity index (χ0) is 10.5. The summed E-state index contributed by atoms with van der Waals surface area (Å²) >= 11 is 2.11. The maximum atomic E-state index is 5.73. The van der Waals surface area contributed by atoms with E-state index in [4.69, 9.17) is 4.74 Å². The normalized spacial score (nSPS) is 37.8. The van der Waals surface area contributed by atoms with Crippen LogP contribution in [-0.2, 0) is 4.74 Å². The minimum Gasteiger partial charge on any atom is -0.377 e. The van der Waals surface area contributed by atoms with Gasteiger partial charge in [0.05, 0.1) is 6.10 Å². The van der Waals surface area contributed by atoms with Crippen LogP contribution in [0.5, 0.6) is 0 Å². The highest BCUT2D eigenvalue weighted by Gasteiger charge is 2.22. The van der Waals surface area contributed by atoms with E-state index < -0.39 is 0 Å². The third-order valence-electron chi connectivity index (χ3n) is 3.49. The van der Waals surface area contributed by atoms with E-state index >= 15 is 0 Å². The van der Waals surface area contributed by atoms with Gasteiger partial charge in [-0.1, -0.05) is 6.92 Å². The van der Waals surface area contributed by atoms with Crippen LogP contribution in [0.2, 0.25) is 0 Å². The lowest BCUT2D eigenvalue weighted by Crippen LogP contribution is -2.44. The molecule has 2 rings (SSSR count). The largest absolute Gasteiger partial charge is 0.377 e. The average molecular weight is 229 g/mol. The van der Waals surface area contributed by atoms with Crippen molar-refractivity contribution in [1.82, 2.24) is 5.32 Å². The lowest BCUT2D eigenvalue weighted by Gasteiger charge is -2.31. The molecule has 0 amide bonds. The van der Waals surface area contributed by atoms with Crippen molar-refractivity contribution in [2.24, 2.45) is 0 Å². The minimum atomic E-state index is 0.484. The average Bonchev–Trinajstić information content (AvgIpc) is 2.29. The van der Waals surface area contributed by atoms with Gasteiger partial charge in [-0.05, 0) is 37.9 Å². The number of hydrogen-bond donors (Lipinski definition) is 1. The van der Waals surface area contributed by atoms with Crippen LogP contribution in [0, 0.1) is 0 Å². The molecule has 0 aliphatic carbocycles. The SMILES string of the molecule is CC1SCCCC1NCC1CCCCO1. The monoisotopic (exact) mass is 229 g/mol. The van der Waals surface area contributed by atoms with Crippen molar-refractivity contribution in [2.75, 3.05) is 18.9 Å². The minimum absolute atomic E-state index is 0.484. The van der Waals surface area contributed by atoms with Crippen LogP contribution in [0.1, 0.15) is 39.0 Å². The molecule has 1 N–H and O–H groups in total. The summed E-state index contributed by atoms with van der Waals surface area (Å²) in [6.45, 7) is 4.39. The first kappa shape index (κ1) is 11.7. The molecular formula is C12H23NOS. The first-order chi connectivity index (χ1) is 7.36. The summed E-state index contributed by atoms with van der Waals surface area (Å²) in [5, 5.41) is 4.48. The molecule has 0 aromatic rings. The van der Waals surface area contributed by atoms with Crippen molar-refractivity contribution >= 4 is 11.8 Å². The van der Waals surface area contributed by atoms with Crippen molar-refractivity contribution in [3.05, 3.63) is 0 Å². The molecular weight excluding hydrogens is 206 g/mol. The van der Waals surface area contributed by atoms with Gasteiger partial charge < -0.3 is 10.1 Å². The summed E-state index contributed by atoms with van der Waals surface area (Å²) in [6.07, 6.45) is 7.06. The molecule has 2 nitrogen and oxygen atoms in total. The van der Waals surface area contributed by atoms with E-state index in [1.807, 2.05) is 0 Å². The van der Waals surface area contributed by atoms with E-state index in [1.165, 1.54) is 37.9 Å². The summed E-state index contributed by atoms with van der Waals surface area (Å²) in [4.78, 5) is 0. The number of thioether (sulfide) groups is 1. The van der Waals surface area contributed by atoms with Gasteiger partial charge in [-0.15, -0.1) is 0 Å². The summed E-state index contributed by atoms with van der Waals surface area (Å²) in [5.74, 6) is 1.35. The van der Waals surface area contributed by atoms with Gasteiger partial charge in [0, 0.05) is 24.4 Å². The van der Waals surface area contributed by atoms with E-state index in [2.05, 4.69) is 24.0 Å². The molecule has 15 heavy (non-hydrogen) atoms. The van der Waals surface area contributed by atoms with Crippen molar-refractivity contribution in [3.63, 3.8) is 0 Å². The Morgan fingerprint density at radius 1 is 1.27 bits per heavy atom. The van der Waals surface area contributed by atoms with Crippen LogP contribution >= 0.6 is 11.8 Å². The van der Waals surface area contributed by atoms with E-state index in [-0.39, 0.29) is 0 Å². The number of hydrogen-bond acceptors (Lipinski definition) is 3. The summed E-state index contributed by atoms with van der Waals surface area (Å²) in [6, 6.07) is 0.717. The van der Waals surface area contributed by atoms with Gasteiger partial charge in [-0.2, -0.15) is 11.8 Å². The fourth-order valence-electron chi connectivity index (χ4n) is 2.44. The predicted octanol–water partition coefficient (Wildman–Crippen LogP) is 2.43. The molecule has 2 aliphatic rings. The first-order valence-electron chi connectivity index (χ1n) is 6.33. The van der Waals surface area contributed by atoms with E-state index in [0.717, 1.165) is 18.4 Å². The van der Waals surface area contributed by atoms with Crippen molar-refractivity contribution in [1.29, 1.82) is 0 Å². The van der Waals surface area contributed by atoms with E-state index in [9.17, 15) is 0 Å². The van der Waals surface area contributed by atoms with Crippen LogP contribution in [0.15, 0.2) is 0 Å². The zero-order valence-electron chi connectivity index (χ0n) is 9.71. The van der Waals surface area contributed by atoms with Gasteiger partial charge in [-0.25, -0.2) is 0 Å². The molecule has 2 fully saturated rings. The fourth-order valence-corrected chi connectivity index (χ4v) is 3.61. The molecule has 0 aromatic carbocycles. The topological polar surface area (TPSA) is 21.3 Å². The standard InChI is InChI=1S/C12H23NOS/c1-10-12(6-4-8-15-10)13-9-11-5-2-3-7-14-11/h10-13H,2-9H2,1H3. The molecule has 0 spiro atoms. The predicted molar refractivity (Wildman–Crippen MR) is 66.5 cm³/mol. The molecule has 3 unspecified atom stereocenters. The Bertz CT molecular complexity index is 182. The highest BCUT2D eigenvalue weighted by Crippen LogP contribution is 2.25. The van der Waals surface area contributed by atoms with Crippen LogP contribution in [-0.4, -0.2) is 36.3 Å². The van der Waals surface area contributed by atoms with Gasteiger partial charge in [0.15, 0.2) is 0 Å². The van der Waals surface area contributed by atoms with Crippen molar-refractivity contribution in [2.45, 2.75) is 56.4 Å². The molecule has 0 bridgehead atoms. The highest BCUT2D eigenvalue weighted by atomic mass is 32.2. The van der Waals surface area contributed by atoms with Crippen LogP contribution in [0.3, 0.4) is 0 Å². The van der Waals surface area contributed by atoms with Crippen LogP contribution in [0.25, 0.3) is 0 Å². The van der Waals surface area contributed by atoms with Gasteiger partial charge >= 0.3 is 0 Å². The molecule has 3 heteroatoms. The molecule has 2 heterocycles. The Labute approximate surface area is 97.5 Å². The van der Waals surface area contributed by atoms with E-state index in [1.54, 1.807) is 0 Å². The highest BCUT2D eigenvalue weighted by molar-refractivity contribution is 7.99.